The SMILES string of the molecule is Cc1csc(-c2cccc(NC(=O)[C@@H]3CC[C@H](CN)O3)c2)n1. The fraction of sp³-hybridized carbons (Fsp3) is 0.375. The van der Waals surface area contributed by atoms with Crippen molar-refractivity contribution in [1.82, 2.24) is 4.98 Å². The van der Waals surface area contributed by atoms with Gasteiger partial charge in [0, 0.05) is 28.9 Å². The summed E-state index contributed by atoms with van der Waals surface area (Å²) < 4.78 is 5.62. The summed E-state index contributed by atoms with van der Waals surface area (Å²) in [5.74, 6) is -0.108. The second kappa shape index (κ2) is 6.56. The first-order chi connectivity index (χ1) is 10.7. The topological polar surface area (TPSA) is 77.2 Å². The standard InChI is InChI=1S/C16H19N3O2S/c1-10-9-22-16(18-10)11-3-2-4-12(7-11)19-15(20)14-6-5-13(8-17)21-14/h2-4,7,9,13-14H,5-6,8,17H2,1H3,(H,19,20)/t13-,14+/m1/s1. The number of amides is 1. The average molecular weight is 317 g/mol. The summed E-state index contributed by atoms with van der Waals surface area (Å²) >= 11 is 1.60. The number of ether oxygens (including phenoxy) is 1. The Bertz CT molecular complexity index is 671. The van der Waals surface area contributed by atoms with Crippen LogP contribution in [-0.2, 0) is 9.53 Å². The normalized spacial score (nSPS) is 21.0. The van der Waals surface area contributed by atoms with Gasteiger partial charge < -0.3 is 15.8 Å². The van der Waals surface area contributed by atoms with E-state index in [1.807, 2.05) is 36.6 Å². The predicted molar refractivity (Wildman–Crippen MR) is 87.9 cm³/mol. The third kappa shape index (κ3) is 3.35. The molecule has 2 heterocycles. The van der Waals surface area contributed by atoms with E-state index in [4.69, 9.17) is 10.5 Å². The summed E-state index contributed by atoms with van der Waals surface area (Å²) in [4.78, 5) is 16.7. The molecule has 2 atom stereocenters. The third-order valence-electron chi connectivity index (χ3n) is 3.66. The van der Waals surface area contributed by atoms with Crippen molar-refractivity contribution in [1.29, 1.82) is 0 Å². The molecule has 22 heavy (non-hydrogen) atoms. The van der Waals surface area contributed by atoms with Crippen LogP contribution in [0.5, 0.6) is 0 Å². The number of aromatic nitrogens is 1. The molecule has 1 aromatic heterocycles. The minimum absolute atomic E-state index is 0.000350. The second-order valence-corrected chi connectivity index (χ2v) is 6.28. The van der Waals surface area contributed by atoms with Crippen molar-refractivity contribution >= 4 is 22.9 Å². The number of nitrogens with zero attached hydrogens (tertiary/aromatic N) is 1. The molecule has 3 rings (SSSR count). The quantitative estimate of drug-likeness (QED) is 0.908. The number of anilines is 1. The lowest BCUT2D eigenvalue weighted by Crippen LogP contribution is -2.29. The summed E-state index contributed by atoms with van der Waals surface area (Å²) in [6.45, 7) is 2.43. The van der Waals surface area contributed by atoms with Crippen molar-refractivity contribution in [2.24, 2.45) is 5.73 Å². The summed E-state index contributed by atoms with van der Waals surface area (Å²) in [5.41, 5.74) is 8.34. The molecule has 0 unspecified atom stereocenters. The number of rotatable bonds is 4. The van der Waals surface area contributed by atoms with Gasteiger partial charge in [0.1, 0.15) is 11.1 Å². The maximum atomic E-state index is 12.2. The number of carbonyl (C=O) groups is 1. The van der Waals surface area contributed by atoms with Gasteiger partial charge in [0.2, 0.25) is 0 Å². The molecule has 1 amide bonds. The number of carbonyl (C=O) groups excluding carboxylic acids is 1. The van der Waals surface area contributed by atoms with E-state index in [0.717, 1.165) is 34.8 Å². The van der Waals surface area contributed by atoms with Crippen LogP contribution in [0.1, 0.15) is 18.5 Å². The van der Waals surface area contributed by atoms with Crippen molar-refractivity contribution in [3.63, 3.8) is 0 Å². The van der Waals surface area contributed by atoms with Crippen molar-refractivity contribution in [3.8, 4) is 10.6 Å². The molecule has 1 aliphatic heterocycles. The van der Waals surface area contributed by atoms with Gasteiger partial charge in [0.25, 0.3) is 5.91 Å². The Morgan fingerprint density at radius 2 is 2.36 bits per heavy atom. The molecule has 0 radical (unpaired) electrons. The van der Waals surface area contributed by atoms with E-state index in [-0.39, 0.29) is 12.0 Å². The highest BCUT2D eigenvalue weighted by atomic mass is 32.1. The lowest BCUT2D eigenvalue weighted by atomic mass is 10.1. The van der Waals surface area contributed by atoms with Crippen LogP contribution >= 0.6 is 11.3 Å². The van der Waals surface area contributed by atoms with Gasteiger partial charge in [0.05, 0.1) is 6.10 Å². The van der Waals surface area contributed by atoms with Crippen molar-refractivity contribution in [2.45, 2.75) is 32.0 Å². The minimum atomic E-state index is -0.403. The average Bonchev–Trinajstić information content (AvgIpc) is 3.16. The van der Waals surface area contributed by atoms with Crippen LogP contribution in [0.2, 0.25) is 0 Å². The molecule has 1 saturated heterocycles. The monoisotopic (exact) mass is 317 g/mol. The lowest BCUT2D eigenvalue weighted by Gasteiger charge is -2.13. The van der Waals surface area contributed by atoms with E-state index in [2.05, 4.69) is 10.3 Å². The summed E-state index contributed by atoms with van der Waals surface area (Å²) in [6.07, 6.45) is 1.16. The van der Waals surface area contributed by atoms with Gasteiger partial charge in [0.15, 0.2) is 0 Å². The molecule has 2 aromatic rings. The van der Waals surface area contributed by atoms with E-state index >= 15 is 0 Å². The zero-order valence-electron chi connectivity index (χ0n) is 12.4. The molecule has 0 aliphatic carbocycles. The van der Waals surface area contributed by atoms with Crippen LogP contribution in [0.15, 0.2) is 29.6 Å². The molecule has 5 nitrogen and oxygen atoms in total. The molecule has 0 saturated carbocycles. The zero-order chi connectivity index (χ0) is 15.5. The van der Waals surface area contributed by atoms with Gasteiger partial charge in [-0.2, -0.15) is 0 Å². The lowest BCUT2D eigenvalue weighted by molar-refractivity contribution is -0.126. The fourth-order valence-corrected chi connectivity index (χ4v) is 3.31. The fourth-order valence-electron chi connectivity index (χ4n) is 2.51. The summed E-state index contributed by atoms with van der Waals surface area (Å²) in [5, 5.41) is 5.88. The first kappa shape index (κ1) is 15.1. The highest BCUT2D eigenvalue weighted by Crippen LogP contribution is 2.26. The number of hydrogen-bond donors (Lipinski definition) is 2. The summed E-state index contributed by atoms with van der Waals surface area (Å²) in [6, 6.07) is 7.72. The van der Waals surface area contributed by atoms with E-state index in [9.17, 15) is 4.79 Å². The zero-order valence-corrected chi connectivity index (χ0v) is 13.2. The van der Waals surface area contributed by atoms with Gasteiger partial charge in [-0.3, -0.25) is 4.79 Å². The van der Waals surface area contributed by atoms with Crippen molar-refractivity contribution in [3.05, 3.63) is 35.3 Å². The Morgan fingerprint density at radius 3 is 3.05 bits per heavy atom. The van der Waals surface area contributed by atoms with Gasteiger partial charge in [-0.15, -0.1) is 11.3 Å². The smallest absolute Gasteiger partial charge is 0.253 e. The molecule has 3 N–H and O–H groups in total. The van der Waals surface area contributed by atoms with E-state index in [1.54, 1.807) is 11.3 Å². The number of aryl methyl sites for hydroxylation is 1. The number of hydrogen-bond acceptors (Lipinski definition) is 5. The molecule has 0 spiro atoms. The largest absolute Gasteiger partial charge is 0.364 e. The van der Waals surface area contributed by atoms with E-state index < -0.39 is 6.10 Å². The minimum Gasteiger partial charge on any atom is -0.364 e. The van der Waals surface area contributed by atoms with Crippen molar-refractivity contribution in [2.75, 3.05) is 11.9 Å². The number of nitrogens with two attached hydrogens (primary N) is 1. The molecule has 116 valence electrons. The highest BCUT2D eigenvalue weighted by Gasteiger charge is 2.29. The second-order valence-electron chi connectivity index (χ2n) is 5.42. The van der Waals surface area contributed by atoms with Gasteiger partial charge >= 0.3 is 0 Å². The van der Waals surface area contributed by atoms with Crippen LogP contribution < -0.4 is 11.1 Å². The molecule has 1 aliphatic rings. The number of nitrogens with one attached hydrogen (secondary N) is 1. The first-order valence-electron chi connectivity index (χ1n) is 7.34. The van der Waals surface area contributed by atoms with E-state index in [1.165, 1.54) is 0 Å². The Labute approximate surface area is 133 Å². The predicted octanol–water partition coefficient (Wildman–Crippen LogP) is 2.56. The van der Waals surface area contributed by atoms with Crippen LogP contribution in [-0.4, -0.2) is 29.6 Å². The molecular formula is C16H19N3O2S. The van der Waals surface area contributed by atoms with Crippen LogP contribution in [0, 0.1) is 6.92 Å². The van der Waals surface area contributed by atoms with Crippen LogP contribution in [0.4, 0.5) is 5.69 Å². The van der Waals surface area contributed by atoms with Crippen LogP contribution in [0.3, 0.4) is 0 Å². The molecule has 1 fully saturated rings. The number of thiazole rings is 1. The molecule has 1 aromatic carbocycles. The van der Waals surface area contributed by atoms with Gasteiger partial charge in [-0.1, -0.05) is 12.1 Å². The Kier molecular flexibility index (Phi) is 4.52. The van der Waals surface area contributed by atoms with E-state index in [0.29, 0.717) is 6.54 Å². The maximum absolute atomic E-state index is 12.2. The summed E-state index contributed by atoms with van der Waals surface area (Å²) in [7, 11) is 0. The van der Waals surface area contributed by atoms with Gasteiger partial charge in [-0.05, 0) is 31.9 Å². The Balaban J connectivity index is 1.69. The Morgan fingerprint density at radius 1 is 1.50 bits per heavy atom. The van der Waals surface area contributed by atoms with Crippen LogP contribution in [0.25, 0.3) is 10.6 Å². The highest BCUT2D eigenvalue weighted by molar-refractivity contribution is 7.13. The molecular weight excluding hydrogens is 298 g/mol. The van der Waals surface area contributed by atoms with Gasteiger partial charge in [-0.25, -0.2) is 4.98 Å². The maximum Gasteiger partial charge on any atom is 0.253 e. The Hall–Kier alpha value is -1.76. The number of benzene rings is 1. The molecule has 6 heteroatoms. The van der Waals surface area contributed by atoms with Crippen molar-refractivity contribution < 1.29 is 9.53 Å². The third-order valence-corrected chi connectivity index (χ3v) is 4.67. The molecule has 0 bridgehead atoms. The first-order valence-corrected chi connectivity index (χ1v) is 8.22.